The van der Waals surface area contributed by atoms with Crippen molar-refractivity contribution in [3.05, 3.63) is 53.1 Å². The summed E-state index contributed by atoms with van der Waals surface area (Å²) in [6.45, 7) is 5.18. The number of aryl methyl sites for hydroxylation is 3. The zero-order valence-electron chi connectivity index (χ0n) is 14.7. The molecule has 25 heavy (non-hydrogen) atoms. The van der Waals surface area contributed by atoms with Crippen LogP contribution in [0, 0.1) is 20.8 Å². The van der Waals surface area contributed by atoms with Crippen LogP contribution in [0.4, 0.5) is 5.69 Å². The molecule has 0 aliphatic heterocycles. The minimum atomic E-state index is -3.79. The number of carbonyl (C=O) groups excluding carboxylic acids is 1. The van der Waals surface area contributed by atoms with Gasteiger partial charge in [0.05, 0.1) is 18.6 Å². The molecule has 0 unspecified atom stereocenters. The molecule has 0 fully saturated rings. The van der Waals surface area contributed by atoms with Crippen molar-refractivity contribution in [1.82, 2.24) is 4.72 Å². The van der Waals surface area contributed by atoms with Crippen molar-refractivity contribution in [2.45, 2.75) is 25.7 Å². The fraction of sp³-hybridized carbons (Fsp3) is 0.278. The predicted octanol–water partition coefficient (Wildman–Crippen LogP) is 2.54. The van der Waals surface area contributed by atoms with Crippen LogP contribution in [0.2, 0.25) is 0 Å². The second-order valence-corrected chi connectivity index (χ2v) is 7.62. The summed E-state index contributed by atoms with van der Waals surface area (Å²) in [5.74, 6) is 0.142. The maximum atomic E-state index is 12.4. The molecule has 2 aromatic carbocycles. The van der Waals surface area contributed by atoms with Crippen LogP contribution in [0.25, 0.3) is 0 Å². The highest BCUT2D eigenvalue weighted by Gasteiger charge is 2.18. The first-order valence-corrected chi connectivity index (χ1v) is 9.22. The van der Waals surface area contributed by atoms with E-state index in [1.165, 1.54) is 13.2 Å². The Morgan fingerprint density at radius 2 is 1.68 bits per heavy atom. The highest BCUT2D eigenvalue weighted by atomic mass is 32.2. The molecule has 134 valence electrons. The van der Waals surface area contributed by atoms with Crippen LogP contribution in [0.1, 0.15) is 16.7 Å². The van der Waals surface area contributed by atoms with Gasteiger partial charge in [0, 0.05) is 5.69 Å². The molecule has 0 saturated heterocycles. The van der Waals surface area contributed by atoms with Crippen molar-refractivity contribution in [2.75, 3.05) is 19.0 Å². The molecular formula is C18H22N2O4S. The summed E-state index contributed by atoms with van der Waals surface area (Å²) in [7, 11) is -2.27. The van der Waals surface area contributed by atoms with Gasteiger partial charge in [-0.3, -0.25) is 4.79 Å². The first-order valence-electron chi connectivity index (χ1n) is 7.74. The van der Waals surface area contributed by atoms with Crippen LogP contribution in [0.3, 0.4) is 0 Å². The molecule has 1 amide bonds. The number of anilines is 1. The van der Waals surface area contributed by atoms with Crippen LogP contribution in [-0.2, 0) is 14.8 Å². The van der Waals surface area contributed by atoms with E-state index in [-0.39, 0.29) is 11.4 Å². The minimum Gasteiger partial charge on any atom is -0.497 e. The van der Waals surface area contributed by atoms with E-state index in [0.717, 1.165) is 11.1 Å². The lowest BCUT2D eigenvalue weighted by molar-refractivity contribution is -0.115. The van der Waals surface area contributed by atoms with Crippen LogP contribution in [0.15, 0.2) is 41.3 Å². The number of hydrogen-bond donors (Lipinski definition) is 2. The molecule has 0 spiro atoms. The maximum absolute atomic E-state index is 12.4. The van der Waals surface area contributed by atoms with E-state index >= 15 is 0 Å². The fourth-order valence-corrected chi connectivity index (χ4v) is 3.75. The van der Waals surface area contributed by atoms with Crippen molar-refractivity contribution in [2.24, 2.45) is 0 Å². The molecule has 2 aromatic rings. The number of methoxy groups -OCH3 is 1. The Balaban J connectivity index is 2.05. The van der Waals surface area contributed by atoms with Gasteiger partial charge in [0.1, 0.15) is 5.75 Å². The van der Waals surface area contributed by atoms with Gasteiger partial charge in [-0.1, -0.05) is 6.07 Å². The number of benzene rings is 2. The zero-order chi connectivity index (χ0) is 18.6. The smallest absolute Gasteiger partial charge is 0.241 e. The highest BCUT2D eigenvalue weighted by Crippen LogP contribution is 2.20. The highest BCUT2D eigenvalue weighted by molar-refractivity contribution is 7.89. The lowest BCUT2D eigenvalue weighted by atomic mass is 10.1. The second kappa shape index (κ2) is 7.67. The molecule has 0 bridgehead atoms. The standard InChI is InChI=1S/C18H22N2O4S/c1-12-7-13(2)9-15(8-12)20-18(21)11-19-25(22,23)17-6-5-16(24-4)10-14(17)3/h5-10,19H,11H2,1-4H3,(H,20,21). The third-order valence-corrected chi connectivity index (χ3v) is 5.16. The third-order valence-electron chi connectivity index (χ3n) is 3.60. The van der Waals surface area contributed by atoms with Gasteiger partial charge < -0.3 is 10.1 Å². The first-order chi connectivity index (χ1) is 11.7. The van der Waals surface area contributed by atoms with E-state index < -0.39 is 15.9 Å². The molecule has 0 heterocycles. The van der Waals surface area contributed by atoms with Crippen LogP contribution < -0.4 is 14.8 Å². The lowest BCUT2D eigenvalue weighted by Gasteiger charge is -2.11. The summed E-state index contributed by atoms with van der Waals surface area (Å²) < 4.78 is 32.2. The van der Waals surface area contributed by atoms with Gasteiger partial charge in [-0.25, -0.2) is 13.1 Å². The van der Waals surface area contributed by atoms with Gasteiger partial charge >= 0.3 is 0 Å². The van der Waals surface area contributed by atoms with Crippen molar-refractivity contribution in [1.29, 1.82) is 0 Å². The quantitative estimate of drug-likeness (QED) is 0.827. The Morgan fingerprint density at radius 3 is 2.24 bits per heavy atom. The molecule has 2 N–H and O–H groups in total. The van der Waals surface area contributed by atoms with Gasteiger partial charge in [0.15, 0.2) is 0 Å². The molecule has 0 atom stereocenters. The van der Waals surface area contributed by atoms with Crippen molar-refractivity contribution in [3.63, 3.8) is 0 Å². The SMILES string of the molecule is COc1ccc(S(=O)(=O)NCC(=O)Nc2cc(C)cc(C)c2)c(C)c1. The Morgan fingerprint density at radius 1 is 1.04 bits per heavy atom. The monoisotopic (exact) mass is 362 g/mol. The topological polar surface area (TPSA) is 84.5 Å². The number of ether oxygens (including phenoxy) is 1. The summed E-state index contributed by atoms with van der Waals surface area (Å²) in [5, 5.41) is 2.69. The Labute approximate surface area is 148 Å². The Hall–Kier alpha value is -2.38. The number of rotatable bonds is 6. The first kappa shape index (κ1) is 19.0. The summed E-state index contributed by atoms with van der Waals surface area (Å²) in [6, 6.07) is 10.3. The van der Waals surface area contributed by atoms with E-state index in [1.807, 2.05) is 32.0 Å². The van der Waals surface area contributed by atoms with E-state index in [4.69, 9.17) is 4.74 Å². The molecule has 0 aromatic heterocycles. The number of carbonyl (C=O) groups is 1. The summed E-state index contributed by atoms with van der Waals surface area (Å²) in [6.07, 6.45) is 0. The van der Waals surface area contributed by atoms with Crippen LogP contribution in [-0.4, -0.2) is 28.0 Å². The molecule has 0 aliphatic rings. The van der Waals surface area contributed by atoms with Crippen molar-refractivity contribution in [3.8, 4) is 5.75 Å². The zero-order valence-corrected chi connectivity index (χ0v) is 15.5. The second-order valence-electron chi connectivity index (χ2n) is 5.88. The van der Waals surface area contributed by atoms with Crippen molar-refractivity contribution >= 4 is 21.6 Å². The largest absolute Gasteiger partial charge is 0.497 e. The third kappa shape index (κ3) is 5.04. The van der Waals surface area contributed by atoms with Gasteiger partial charge in [-0.05, 0) is 67.8 Å². The summed E-state index contributed by atoms with van der Waals surface area (Å²) in [4.78, 5) is 12.2. The van der Waals surface area contributed by atoms with Crippen molar-refractivity contribution < 1.29 is 17.9 Å². The molecular weight excluding hydrogens is 340 g/mol. The van der Waals surface area contributed by atoms with Crippen LogP contribution >= 0.6 is 0 Å². The summed E-state index contributed by atoms with van der Waals surface area (Å²) >= 11 is 0. The fourth-order valence-electron chi connectivity index (χ4n) is 2.54. The van der Waals surface area contributed by atoms with Gasteiger partial charge in [0.25, 0.3) is 0 Å². The number of nitrogens with one attached hydrogen (secondary N) is 2. The number of amides is 1. The van der Waals surface area contributed by atoms with Crippen LogP contribution in [0.5, 0.6) is 5.75 Å². The lowest BCUT2D eigenvalue weighted by Crippen LogP contribution is -2.33. The molecule has 0 saturated carbocycles. The maximum Gasteiger partial charge on any atom is 0.241 e. The van der Waals surface area contributed by atoms with Gasteiger partial charge in [-0.15, -0.1) is 0 Å². The number of hydrogen-bond acceptors (Lipinski definition) is 4. The molecule has 7 heteroatoms. The van der Waals surface area contributed by atoms with E-state index in [0.29, 0.717) is 17.0 Å². The predicted molar refractivity (Wildman–Crippen MR) is 97.5 cm³/mol. The Bertz CT molecular complexity index is 872. The molecule has 0 radical (unpaired) electrons. The average molecular weight is 362 g/mol. The van der Waals surface area contributed by atoms with E-state index in [2.05, 4.69) is 10.0 Å². The molecule has 0 aliphatic carbocycles. The Kier molecular flexibility index (Phi) is 5.81. The summed E-state index contributed by atoms with van der Waals surface area (Å²) in [5.41, 5.74) is 3.22. The van der Waals surface area contributed by atoms with E-state index in [1.54, 1.807) is 19.1 Å². The van der Waals surface area contributed by atoms with E-state index in [9.17, 15) is 13.2 Å². The normalized spacial score (nSPS) is 11.2. The van der Waals surface area contributed by atoms with Gasteiger partial charge in [0.2, 0.25) is 15.9 Å². The average Bonchev–Trinajstić information content (AvgIpc) is 2.51. The molecule has 6 nitrogen and oxygen atoms in total. The van der Waals surface area contributed by atoms with Gasteiger partial charge in [-0.2, -0.15) is 0 Å². The molecule has 2 rings (SSSR count). The number of sulfonamides is 1. The minimum absolute atomic E-state index is 0.118.